The van der Waals surface area contributed by atoms with Crippen LogP contribution in [0.5, 0.6) is 5.75 Å². The van der Waals surface area contributed by atoms with Gasteiger partial charge >= 0.3 is 6.18 Å². The molecule has 0 amide bonds. The van der Waals surface area contributed by atoms with Crippen molar-refractivity contribution in [2.24, 2.45) is 4.99 Å². The second-order valence-electron chi connectivity index (χ2n) is 6.96. The van der Waals surface area contributed by atoms with Crippen molar-refractivity contribution in [1.82, 2.24) is 15.6 Å². The summed E-state index contributed by atoms with van der Waals surface area (Å²) in [6, 6.07) is 5.97. The van der Waals surface area contributed by atoms with Crippen LogP contribution in [0.15, 0.2) is 28.6 Å². The van der Waals surface area contributed by atoms with Gasteiger partial charge in [-0.05, 0) is 31.4 Å². The van der Waals surface area contributed by atoms with E-state index in [2.05, 4.69) is 20.6 Å². The number of halogens is 3. The summed E-state index contributed by atoms with van der Waals surface area (Å²) in [5.74, 6) is 1.24. The molecular formula is C20H25F3N4O2S. The van der Waals surface area contributed by atoms with E-state index in [0.29, 0.717) is 24.1 Å². The van der Waals surface area contributed by atoms with Crippen molar-refractivity contribution in [3.05, 3.63) is 45.4 Å². The van der Waals surface area contributed by atoms with Crippen LogP contribution in [0.1, 0.15) is 34.7 Å². The number of alkyl halides is 3. The molecule has 0 spiro atoms. The van der Waals surface area contributed by atoms with Gasteiger partial charge in [0.1, 0.15) is 17.4 Å². The Kier molecular flexibility index (Phi) is 7.54. The topological polar surface area (TPSA) is 67.8 Å². The monoisotopic (exact) mass is 442 g/mol. The Bertz CT molecular complexity index is 864. The molecule has 0 saturated carbocycles. The predicted octanol–water partition coefficient (Wildman–Crippen LogP) is 3.89. The number of hydrogen-bond acceptors (Lipinski definition) is 5. The number of nitrogens with zero attached hydrogens (tertiary/aromatic N) is 2. The van der Waals surface area contributed by atoms with Crippen LogP contribution in [-0.4, -0.2) is 37.3 Å². The van der Waals surface area contributed by atoms with Crippen LogP contribution in [0.25, 0.3) is 0 Å². The van der Waals surface area contributed by atoms with Crippen molar-refractivity contribution in [1.29, 1.82) is 0 Å². The molecule has 1 aromatic carbocycles. The van der Waals surface area contributed by atoms with Crippen LogP contribution < -0.4 is 15.4 Å². The summed E-state index contributed by atoms with van der Waals surface area (Å²) in [5, 5.41) is 7.50. The maximum absolute atomic E-state index is 12.7. The maximum Gasteiger partial charge on any atom is 0.434 e. The molecule has 6 nitrogen and oxygen atoms in total. The summed E-state index contributed by atoms with van der Waals surface area (Å²) in [6.45, 7) is 3.89. The highest BCUT2D eigenvalue weighted by Crippen LogP contribution is 2.30. The molecule has 2 heterocycles. The second-order valence-corrected chi connectivity index (χ2v) is 7.90. The van der Waals surface area contributed by atoms with E-state index in [1.165, 1.54) is 0 Å². The van der Waals surface area contributed by atoms with Gasteiger partial charge in [-0.3, -0.25) is 4.99 Å². The lowest BCUT2D eigenvalue weighted by Gasteiger charge is -2.17. The van der Waals surface area contributed by atoms with Crippen LogP contribution in [0.4, 0.5) is 13.2 Å². The molecular weight excluding hydrogens is 417 g/mol. The van der Waals surface area contributed by atoms with E-state index >= 15 is 0 Å². The van der Waals surface area contributed by atoms with Gasteiger partial charge in [0.2, 0.25) is 0 Å². The molecule has 1 aliphatic rings. The molecule has 1 unspecified atom stereocenters. The number of thiazole rings is 1. The van der Waals surface area contributed by atoms with Gasteiger partial charge in [0, 0.05) is 31.1 Å². The average Bonchev–Trinajstić information content (AvgIpc) is 3.39. The highest BCUT2D eigenvalue weighted by molar-refractivity contribution is 7.09. The quantitative estimate of drug-likeness (QED) is 0.503. The Morgan fingerprint density at radius 2 is 2.13 bits per heavy atom. The Hall–Kier alpha value is -2.33. The zero-order valence-corrected chi connectivity index (χ0v) is 17.7. The van der Waals surface area contributed by atoms with Gasteiger partial charge in [0.15, 0.2) is 11.7 Å². The molecule has 3 rings (SSSR count). The van der Waals surface area contributed by atoms with Gasteiger partial charge < -0.3 is 20.1 Å². The van der Waals surface area contributed by atoms with Crippen molar-refractivity contribution < 1.29 is 22.6 Å². The SMILES string of the molecule is CN=C(NCc1nc(C(F)(F)F)cs1)NCc1ccc(C)cc1OCC1CCCO1. The Morgan fingerprint density at radius 3 is 2.80 bits per heavy atom. The lowest BCUT2D eigenvalue weighted by molar-refractivity contribution is -0.140. The van der Waals surface area contributed by atoms with Crippen molar-refractivity contribution in [3.8, 4) is 5.75 Å². The minimum Gasteiger partial charge on any atom is -0.491 e. The van der Waals surface area contributed by atoms with Crippen LogP contribution in [0.3, 0.4) is 0 Å². The van der Waals surface area contributed by atoms with Crippen LogP contribution in [0.2, 0.25) is 0 Å². The Balaban J connectivity index is 1.54. The molecule has 1 fully saturated rings. The van der Waals surface area contributed by atoms with E-state index in [1.807, 2.05) is 25.1 Å². The number of rotatable bonds is 7. The van der Waals surface area contributed by atoms with Gasteiger partial charge in [-0.2, -0.15) is 13.2 Å². The Labute approximate surface area is 177 Å². The molecule has 164 valence electrons. The fourth-order valence-corrected chi connectivity index (χ4v) is 3.72. The molecule has 30 heavy (non-hydrogen) atoms. The number of hydrogen-bond donors (Lipinski definition) is 2. The molecule has 0 radical (unpaired) electrons. The minimum atomic E-state index is -4.43. The molecule has 1 saturated heterocycles. The molecule has 10 heteroatoms. The van der Waals surface area contributed by atoms with Crippen LogP contribution in [0, 0.1) is 6.92 Å². The van der Waals surface area contributed by atoms with Crippen molar-refractivity contribution in [2.45, 2.75) is 45.1 Å². The molecule has 1 aliphatic heterocycles. The smallest absolute Gasteiger partial charge is 0.434 e. The zero-order valence-electron chi connectivity index (χ0n) is 16.9. The summed E-state index contributed by atoms with van der Waals surface area (Å²) in [6.07, 6.45) is -2.24. The van der Waals surface area contributed by atoms with Crippen molar-refractivity contribution in [2.75, 3.05) is 20.3 Å². The fraction of sp³-hybridized carbons (Fsp3) is 0.500. The molecule has 0 bridgehead atoms. The molecule has 2 N–H and O–H groups in total. The molecule has 1 atom stereocenters. The second kappa shape index (κ2) is 10.1. The van der Waals surface area contributed by atoms with Crippen LogP contribution >= 0.6 is 11.3 Å². The van der Waals surface area contributed by atoms with Gasteiger partial charge in [0.05, 0.1) is 12.6 Å². The van der Waals surface area contributed by atoms with Crippen LogP contribution in [-0.2, 0) is 24.0 Å². The van der Waals surface area contributed by atoms with Gasteiger partial charge in [-0.1, -0.05) is 12.1 Å². The average molecular weight is 443 g/mol. The van der Waals surface area contributed by atoms with E-state index in [-0.39, 0.29) is 12.6 Å². The third kappa shape index (κ3) is 6.33. The van der Waals surface area contributed by atoms with E-state index < -0.39 is 11.9 Å². The molecule has 0 aliphatic carbocycles. The number of nitrogens with one attached hydrogen (secondary N) is 2. The normalized spacial score (nSPS) is 17.2. The minimum absolute atomic E-state index is 0.126. The molecule has 2 aromatic rings. The van der Waals surface area contributed by atoms with Gasteiger partial charge in [-0.15, -0.1) is 11.3 Å². The number of benzene rings is 1. The summed E-state index contributed by atoms with van der Waals surface area (Å²) >= 11 is 0.958. The summed E-state index contributed by atoms with van der Waals surface area (Å²) in [5.41, 5.74) is 1.17. The third-order valence-corrected chi connectivity index (χ3v) is 5.44. The van der Waals surface area contributed by atoms with Gasteiger partial charge in [-0.25, -0.2) is 4.98 Å². The number of guanidine groups is 1. The first-order valence-corrected chi connectivity index (χ1v) is 10.5. The highest BCUT2D eigenvalue weighted by Gasteiger charge is 2.33. The fourth-order valence-electron chi connectivity index (χ4n) is 2.98. The lowest BCUT2D eigenvalue weighted by Crippen LogP contribution is -2.36. The first-order valence-electron chi connectivity index (χ1n) is 9.65. The summed E-state index contributed by atoms with van der Waals surface area (Å²) in [4.78, 5) is 7.73. The maximum atomic E-state index is 12.7. The first-order chi connectivity index (χ1) is 14.3. The van der Waals surface area contributed by atoms with E-state index in [9.17, 15) is 13.2 Å². The molecule has 1 aromatic heterocycles. The number of ether oxygens (including phenoxy) is 2. The predicted molar refractivity (Wildman–Crippen MR) is 110 cm³/mol. The van der Waals surface area contributed by atoms with E-state index in [4.69, 9.17) is 9.47 Å². The zero-order chi connectivity index (χ0) is 21.6. The highest BCUT2D eigenvalue weighted by atomic mass is 32.1. The number of aliphatic imine (C=N–C) groups is 1. The van der Waals surface area contributed by atoms with Crippen molar-refractivity contribution >= 4 is 17.3 Å². The number of aromatic nitrogens is 1. The third-order valence-electron chi connectivity index (χ3n) is 4.59. The number of aryl methyl sites for hydroxylation is 1. The lowest BCUT2D eigenvalue weighted by atomic mass is 10.1. The van der Waals surface area contributed by atoms with Gasteiger partial charge in [0.25, 0.3) is 0 Å². The van der Waals surface area contributed by atoms with Crippen molar-refractivity contribution in [3.63, 3.8) is 0 Å². The van der Waals surface area contributed by atoms with E-state index in [0.717, 1.165) is 53.0 Å². The summed E-state index contributed by atoms with van der Waals surface area (Å²) < 4.78 is 49.6. The Morgan fingerprint density at radius 1 is 1.33 bits per heavy atom. The first kappa shape index (κ1) is 22.4. The van der Waals surface area contributed by atoms with E-state index in [1.54, 1.807) is 7.05 Å². The standard InChI is InChI=1S/C20H25F3N4O2S/c1-13-5-6-14(16(8-13)29-11-15-4-3-7-28-15)9-25-19(24-2)26-10-18-27-17(12-30-18)20(21,22)23/h5-6,8,12,15H,3-4,7,9-11H2,1-2H3,(H2,24,25,26). The summed E-state index contributed by atoms with van der Waals surface area (Å²) in [7, 11) is 1.60. The largest absolute Gasteiger partial charge is 0.491 e.